The fraction of sp³-hybridized carbons (Fsp3) is 0.929. The molecule has 1 rings (SSSR count). The van der Waals surface area contributed by atoms with Crippen molar-refractivity contribution >= 4 is 5.91 Å². The Balaban J connectivity index is 2.26. The number of rotatable bonds is 6. The highest BCUT2D eigenvalue weighted by Gasteiger charge is 2.24. The van der Waals surface area contributed by atoms with Crippen LogP contribution in [-0.4, -0.2) is 37.7 Å². The van der Waals surface area contributed by atoms with Crippen LogP contribution in [0.4, 0.5) is 0 Å². The maximum atomic E-state index is 12.0. The molecule has 1 aliphatic rings. The topological polar surface area (TPSA) is 50.4 Å². The summed E-state index contributed by atoms with van der Waals surface area (Å²) >= 11 is 0. The van der Waals surface area contributed by atoms with E-state index in [1.807, 2.05) is 6.92 Å². The summed E-state index contributed by atoms with van der Waals surface area (Å²) in [4.78, 5) is 12.0. The normalized spacial score (nSPS) is 26.1. The predicted molar refractivity (Wildman–Crippen MR) is 73.5 cm³/mol. The van der Waals surface area contributed by atoms with Crippen molar-refractivity contribution in [3.05, 3.63) is 0 Å². The first-order chi connectivity index (χ1) is 8.50. The molecule has 0 aromatic carbocycles. The van der Waals surface area contributed by atoms with Crippen molar-refractivity contribution in [1.29, 1.82) is 0 Å². The highest BCUT2D eigenvalue weighted by Crippen LogP contribution is 2.11. The SMILES string of the molecule is CC(C)CCOC(C)C(=O)NC1CCNCC1C. The Morgan fingerprint density at radius 2 is 2.17 bits per heavy atom. The van der Waals surface area contributed by atoms with Crippen LogP contribution in [0.2, 0.25) is 0 Å². The molecule has 2 N–H and O–H groups in total. The van der Waals surface area contributed by atoms with Crippen molar-refractivity contribution in [3.8, 4) is 0 Å². The molecule has 0 aromatic heterocycles. The molecule has 0 bridgehead atoms. The fourth-order valence-corrected chi connectivity index (χ4v) is 2.08. The summed E-state index contributed by atoms with van der Waals surface area (Å²) in [7, 11) is 0. The van der Waals surface area contributed by atoms with Crippen LogP contribution >= 0.6 is 0 Å². The number of piperidine rings is 1. The Morgan fingerprint density at radius 3 is 2.78 bits per heavy atom. The van der Waals surface area contributed by atoms with Gasteiger partial charge in [0.2, 0.25) is 5.91 Å². The number of nitrogens with one attached hydrogen (secondary N) is 2. The molecule has 18 heavy (non-hydrogen) atoms. The lowest BCUT2D eigenvalue weighted by molar-refractivity contribution is -0.133. The zero-order valence-corrected chi connectivity index (χ0v) is 12.2. The summed E-state index contributed by atoms with van der Waals surface area (Å²) < 4.78 is 5.56. The zero-order valence-electron chi connectivity index (χ0n) is 12.2. The van der Waals surface area contributed by atoms with Gasteiger partial charge < -0.3 is 15.4 Å². The molecule has 3 atom stereocenters. The lowest BCUT2D eigenvalue weighted by atomic mass is 9.95. The minimum atomic E-state index is -0.342. The van der Waals surface area contributed by atoms with Crippen LogP contribution in [0.3, 0.4) is 0 Å². The largest absolute Gasteiger partial charge is 0.369 e. The molecule has 0 saturated carbocycles. The van der Waals surface area contributed by atoms with Gasteiger partial charge in [-0.1, -0.05) is 20.8 Å². The molecule has 0 aliphatic carbocycles. The second-order valence-corrected chi connectivity index (χ2v) is 5.78. The zero-order chi connectivity index (χ0) is 13.5. The summed E-state index contributed by atoms with van der Waals surface area (Å²) in [5.41, 5.74) is 0. The summed E-state index contributed by atoms with van der Waals surface area (Å²) in [6.45, 7) is 10.9. The van der Waals surface area contributed by atoms with Crippen LogP contribution in [0.1, 0.15) is 40.5 Å². The van der Waals surface area contributed by atoms with E-state index in [2.05, 4.69) is 31.4 Å². The lowest BCUT2D eigenvalue weighted by Gasteiger charge is -2.31. The molecule has 4 heteroatoms. The smallest absolute Gasteiger partial charge is 0.249 e. The standard InChI is InChI=1S/C14H28N2O2/c1-10(2)6-8-18-12(4)14(17)16-13-5-7-15-9-11(13)3/h10-13,15H,5-9H2,1-4H3,(H,16,17). The Labute approximate surface area is 111 Å². The van der Waals surface area contributed by atoms with Gasteiger partial charge >= 0.3 is 0 Å². The van der Waals surface area contributed by atoms with Crippen LogP contribution in [-0.2, 0) is 9.53 Å². The molecule has 1 fully saturated rings. The third-order valence-corrected chi connectivity index (χ3v) is 3.55. The second kappa shape index (κ2) is 7.74. The molecule has 106 valence electrons. The summed E-state index contributed by atoms with van der Waals surface area (Å²) in [6, 6.07) is 0.287. The van der Waals surface area contributed by atoms with Crippen molar-refractivity contribution in [3.63, 3.8) is 0 Å². The Morgan fingerprint density at radius 1 is 1.44 bits per heavy atom. The molecule has 4 nitrogen and oxygen atoms in total. The van der Waals surface area contributed by atoms with Gasteiger partial charge in [-0.15, -0.1) is 0 Å². The van der Waals surface area contributed by atoms with E-state index < -0.39 is 0 Å². The second-order valence-electron chi connectivity index (χ2n) is 5.78. The minimum Gasteiger partial charge on any atom is -0.369 e. The van der Waals surface area contributed by atoms with Crippen molar-refractivity contribution < 1.29 is 9.53 Å². The first-order valence-electron chi connectivity index (χ1n) is 7.13. The van der Waals surface area contributed by atoms with E-state index in [1.54, 1.807) is 0 Å². The molecular formula is C14H28N2O2. The molecule has 0 aromatic rings. The Bertz CT molecular complexity index is 256. The van der Waals surface area contributed by atoms with E-state index >= 15 is 0 Å². The highest BCUT2D eigenvalue weighted by molar-refractivity contribution is 5.80. The van der Waals surface area contributed by atoms with E-state index in [-0.39, 0.29) is 18.1 Å². The molecule has 1 amide bonds. The number of carbonyl (C=O) groups is 1. The molecule has 0 spiro atoms. The molecule has 1 heterocycles. The van der Waals surface area contributed by atoms with Crippen molar-refractivity contribution in [2.24, 2.45) is 11.8 Å². The first-order valence-corrected chi connectivity index (χ1v) is 7.13. The maximum absolute atomic E-state index is 12.0. The Hall–Kier alpha value is -0.610. The van der Waals surface area contributed by atoms with Crippen molar-refractivity contribution in [1.82, 2.24) is 10.6 Å². The monoisotopic (exact) mass is 256 g/mol. The third kappa shape index (κ3) is 5.36. The van der Waals surface area contributed by atoms with Gasteiger partial charge in [-0.05, 0) is 44.7 Å². The molecular weight excluding hydrogens is 228 g/mol. The van der Waals surface area contributed by atoms with Gasteiger partial charge in [0, 0.05) is 12.6 Å². The van der Waals surface area contributed by atoms with Crippen LogP contribution in [0.5, 0.6) is 0 Å². The highest BCUT2D eigenvalue weighted by atomic mass is 16.5. The average Bonchev–Trinajstić information content (AvgIpc) is 2.31. The van der Waals surface area contributed by atoms with E-state index in [1.165, 1.54) is 0 Å². The van der Waals surface area contributed by atoms with E-state index in [0.29, 0.717) is 18.4 Å². The van der Waals surface area contributed by atoms with Crippen LogP contribution in [0.25, 0.3) is 0 Å². The summed E-state index contributed by atoms with van der Waals surface area (Å²) in [5, 5.41) is 6.43. The summed E-state index contributed by atoms with van der Waals surface area (Å²) in [6.07, 6.45) is 1.67. The minimum absolute atomic E-state index is 0.0255. The number of carbonyl (C=O) groups excluding carboxylic acids is 1. The predicted octanol–water partition coefficient (Wildman–Crippen LogP) is 1.55. The lowest BCUT2D eigenvalue weighted by Crippen LogP contribution is -2.50. The third-order valence-electron chi connectivity index (χ3n) is 3.55. The number of amides is 1. The van der Waals surface area contributed by atoms with Gasteiger partial charge in [-0.3, -0.25) is 4.79 Å². The van der Waals surface area contributed by atoms with Gasteiger partial charge in [0.25, 0.3) is 0 Å². The fourth-order valence-electron chi connectivity index (χ4n) is 2.08. The van der Waals surface area contributed by atoms with Crippen LogP contribution in [0.15, 0.2) is 0 Å². The van der Waals surface area contributed by atoms with Gasteiger partial charge in [-0.2, -0.15) is 0 Å². The number of hydrogen-bond acceptors (Lipinski definition) is 3. The quantitative estimate of drug-likeness (QED) is 0.758. The molecule has 3 unspecified atom stereocenters. The van der Waals surface area contributed by atoms with Gasteiger partial charge in [0.15, 0.2) is 0 Å². The maximum Gasteiger partial charge on any atom is 0.249 e. The molecule has 1 aliphatic heterocycles. The summed E-state index contributed by atoms with van der Waals surface area (Å²) in [5.74, 6) is 1.13. The van der Waals surface area contributed by atoms with Gasteiger partial charge in [0.05, 0.1) is 0 Å². The van der Waals surface area contributed by atoms with Crippen molar-refractivity contribution in [2.75, 3.05) is 19.7 Å². The van der Waals surface area contributed by atoms with Gasteiger partial charge in [0.1, 0.15) is 6.10 Å². The number of hydrogen-bond donors (Lipinski definition) is 2. The first kappa shape index (κ1) is 15.4. The van der Waals surface area contributed by atoms with Crippen molar-refractivity contribution in [2.45, 2.75) is 52.7 Å². The molecule has 1 saturated heterocycles. The van der Waals surface area contributed by atoms with Crippen LogP contribution < -0.4 is 10.6 Å². The van der Waals surface area contributed by atoms with E-state index in [9.17, 15) is 4.79 Å². The van der Waals surface area contributed by atoms with E-state index in [0.717, 1.165) is 25.9 Å². The van der Waals surface area contributed by atoms with E-state index in [4.69, 9.17) is 4.74 Å². The van der Waals surface area contributed by atoms with Crippen LogP contribution in [0, 0.1) is 11.8 Å². The Kier molecular flexibility index (Phi) is 6.65. The average molecular weight is 256 g/mol. The van der Waals surface area contributed by atoms with Gasteiger partial charge in [-0.25, -0.2) is 0 Å². The molecule has 0 radical (unpaired) electrons. The number of ether oxygens (including phenoxy) is 1.